The van der Waals surface area contributed by atoms with Gasteiger partial charge in [0, 0.05) is 34.4 Å². The maximum absolute atomic E-state index is 11.8. The Kier molecular flexibility index (Phi) is 6.30. The molecule has 0 bridgehead atoms. The van der Waals surface area contributed by atoms with Gasteiger partial charge in [-0.05, 0) is 69.2 Å². The van der Waals surface area contributed by atoms with E-state index < -0.39 is 6.10 Å². The number of aliphatic hydroxyl groups is 1. The Morgan fingerprint density at radius 3 is 2.78 bits per heavy atom. The highest BCUT2D eigenvalue weighted by molar-refractivity contribution is 5.89. The molecule has 2 aliphatic rings. The van der Waals surface area contributed by atoms with Crippen molar-refractivity contribution < 1.29 is 14.3 Å². The zero-order chi connectivity index (χ0) is 22.7. The van der Waals surface area contributed by atoms with Gasteiger partial charge in [-0.3, -0.25) is 9.79 Å². The van der Waals surface area contributed by atoms with Crippen molar-refractivity contribution in [2.75, 3.05) is 0 Å². The van der Waals surface area contributed by atoms with Crippen molar-refractivity contribution >= 4 is 11.5 Å². The second-order valence-electron chi connectivity index (χ2n) is 8.99. The Bertz CT molecular complexity index is 1120. The van der Waals surface area contributed by atoms with Gasteiger partial charge < -0.3 is 9.52 Å². The molecule has 1 aromatic carbocycles. The lowest BCUT2D eigenvalue weighted by Gasteiger charge is -2.41. The molecule has 1 saturated carbocycles. The molecular weight excluding hydrogens is 398 g/mol. The molecule has 1 aliphatic heterocycles. The van der Waals surface area contributed by atoms with Crippen molar-refractivity contribution in [3.63, 3.8) is 0 Å². The molecule has 164 valence electrons. The molecular formula is C28H29NO3. The fourth-order valence-corrected chi connectivity index (χ4v) is 4.43. The van der Waals surface area contributed by atoms with E-state index in [2.05, 4.69) is 35.6 Å². The minimum atomic E-state index is -0.507. The second-order valence-corrected chi connectivity index (χ2v) is 8.99. The highest BCUT2D eigenvalue weighted by Crippen LogP contribution is 2.47. The van der Waals surface area contributed by atoms with Crippen LogP contribution in [0.2, 0.25) is 0 Å². The van der Waals surface area contributed by atoms with Crippen molar-refractivity contribution in [2.24, 2.45) is 22.2 Å². The maximum atomic E-state index is 11.8. The number of carbonyl (C=O) groups excluding carboxylic acids is 1. The van der Waals surface area contributed by atoms with Gasteiger partial charge in [-0.15, -0.1) is 6.58 Å². The quantitative estimate of drug-likeness (QED) is 0.498. The predicted octanol–water partition coefficient (Wildman–Crippen LogP) is 5.37. The van der Waals surface area contributed by atoms with Gasteiger partial charge in [0.05, 0.1) is 12.4 Å². The van der Waals surface area contributed by atoms with E-state index in [-0.39, 0.29) is 17.1 Å². The molecule has 2 heterocycles. The predicted molar refractivity (Wildman–Crippen MR) is 127 cm³/mol. The van der Waals surface area contributed by atoms with E-state index in [4.69, 9.17) is 4.42 Å². The smallest absolute Gasteiger partial charge is 0.139 e. The molecule has 1 fully saturated rings. The van der Waals surface area contributed by atoms with E-state index in [9.17, 15) is 9.90 Å². The van der Waals surface area contributed by atoms with E-state index in [1.54, 1.807) is 26.1 Å². The van der Waals surface area contributed by atoms with Crippen LogP contribution in [0.15, 0.2) is 70.9 Å². The third kappa shape index (κ3) is 4.69. The number of hydrogen-bond donors (Lipinski definition) is 1. The molecule has 1 aromatic heterocycles. The number of benzene rings is 1. The van der Waals surface area contributed by atoms with Crippen molar-refractivity contribution in [1.82, 2.24) is 0 Å². The molecule has 4 nitrogen and oxygen atoms in total. The van der Waals surface area contributed by atoms with Crippen LogP contribution in [0.4, 0.5) is 0 Å². The molecule has 0 radical (unpaired) electrons. The van der Waals surface area contributed by atoms with E-state index in [1.165, 1.54) is 0 Å². The molecule has 1 aliphatic carbocycles. The summed E-state index contributed by atoms with van der Waals surface area (Å²) in [5, 5.41) is 9.77. The van der Waals surface area contributed by atoms with Crippen LogP contribution in [0.25, 0.3) is 11.3 Å². The van der Waals surface area contributed by atoms with Gasteiger partial charge in [0.25, 0.3) is 0 Å². The zero-order valence-corrected chi connectivity index (χ0v) is 18.7. The summed E-state index contributed by atoms with van der Waals surface area (Å²) < 4.78 is 5.81. The maximum Gasteiger partial charge on any atom is 0.139 e. The van der Waals surface area contributed by atoms with Crippen molar-refractivity contribution in [1.29, 1.82) is 0 Å². The molecule has 4 rings (SSSR count). The number of Topliss-reactive ketones (excluding diaryl/α,β-unsaturated/α-hetero) is 1. The summed E-state index contributed by atoms with van der Waals surface area (Å²) in [6, 6.07) is 10.1. The highest BCUT2D eigenvalue weighted by atomic mass is 16.3. The molecule has 1 N–H and O–H groups in total. The van der Waals surface area contributed by atoms with Gasteiger partial charge >= 0.3 is 0 Å². The SMILES string of the molecule is C=CC1(C(C)=O)CC(C#Cc2ccc(-c3cc(CC4C=CN=C([C@H](C)O)C4)co3)cc2)C1. The molecule has 2 aromatic rings. The molecule has 0 saturated heterocycles. The largest absolute Gasteiger partial charge is 0.464 e. The molecule has 32 heavy (non-hydrogen) atoms. The third-order valence-electron chi connectivity index (χ3n) is 6.61. The number of rotatable bonds is 6. The average Bonchev–Trinajstić information content (AvgIpc) is 3.22. The Morgan fingerprint density at radius 2 is 2.12 bits per heavy atom. The first-order chi connectivity index (χ1) is 15.4. The summed E-state index contributed by atoms with van der Waals surface area (Å²) in [4.78, 5) is 16.0. The van der Waals surface area contributed by atoms with E-state index in [1.807, 2.05) is 30.5 Å². The number of aliphatic hydroxyl groups excluding tert-OH is 1. The first-order valence-corrected chi connectivity index (χ1v) is 11.1. The fraction of sp³-hybridized carbons (Fsp3) is 0.357. The number of aliphatic imine (C=N–C) groups is 1. The number of ketones is 1. The number of allylic oxidation sites excluding steroid dienone is 2. The van der Waals surface area contributed by atoms with Crippen LogP contribution < -0.4 is 0 Å². The Labute approximate surface area is 189 Å². The Morgan fingerprint density at radius 1 is 1.38 bits per heavy atom. The molecule has 4 heteroatoms. The lowest BCUT2D eigenvalue weighted by Crippen LogP contribution is -2.40. The van der Waals surface area contributed by atoms with Crippen LogP contribution >= 0.6 is 0 Å². The van der Waals surface area contributed by atoms with E-state index >= 15 is 0 Å². The van der Waals surface area contributed by atoms with Crippen LogP contribution in [-0.2, 0) is 11.2 Å². The molecule has 0 amide bonds. The van der Waals surface area contributed by atoms with Crippen molar-refractivity contribution in [2.45, 2.75) is 45.6 Å². The van der Waals surface area contributed by atoms with Crippen LogP contribution in [0.1, 0.15) is 44.2 Å². The van der Waals surface area contributed by atoms with E-state index in [0.717, 1.165) is 53.8 Å². The summed E-state index contributed by atoms with van der Waals surface area (Å²) in [6.45, 7) is 7.21. The lowest BCUT2D eigenvalue weighted by molar-refractivity contribution is -0.129. The average molecular weight is 428 g/mol. The fourth-order valence-electron chi connectivity index (χ4n) is 4.43. The van der Waals surface area contributed by atoms with Gasteiger partial charge in [0.15, 0.2) is 0 Å². The highest BCUT2D eigenvalue weighted by Gasteiger charge is 2.44. The third-order valence-corrected chi connectivity index (χ3v) is 6.61. The number of hydrogen-bond acceptors (Lipinski definition) is 4. The summed E-state index contributed by atoms with van der Waals surface area (Å²) in [5.41, 5.74) is 3.57. The van der Waals surface area contributed by atoms with Gasteiger partial charge in [-0.25, -0.2) is 0 Å². The monoisotopic (exact) mass is 427 g/mol. The van der Waals surface area contributed by atoms with Crippen LogP contribution in [0.3, 0.4) is 0 Å². The number of carbonyl (C=O) groups is 1. The van der Waals surface area contributed by atoms with Gasteiger partial charge in [-0.1, -0.05) is 36.1 Å². The Balaban J connectivity index is 1.35. The van der Waals surface area contributed by atoms with Crippen molar-refractivity contribution in [3.05, 3.63) is 72.7 Å². The standard InChI is InChI=1S/C28H29NO3/c1-4-28(20(3)31)16-23(17-28)6-5-21-7-9-25(10-8-21)27-15-24(18-32-27)13-22-11-12-29-26(14-22)19(2)30/h4,7-12,15,18-19,22-23,30H,1,13-14,16-17H2,2-3H3/t19-,22?,23?,28?/m0/s1. The second kappa shape index (κ2) is 9.14. The topological polar surface area (TPSA) is 62.8 Å². The summed E-state index contributed by atoms with van der Waals surface area (Å²) in [6.07, 6.45) is 10.1. The lowest BCUT2D eigenvalue weighted by atomic mass is 9.60. The zero-order valence-electron chi connectivity index (χ0n) is 18.7. The van der Waals surface area contributed by atoms with Crippen LogP contribution in [0, 0.1) is 29.1 Å². The Hall–Kier alpha value is -3.16. The first-order valence-electron chi connectivity index (χ1n) is 11.1. The van der Waals surface area contributed by atoms with Crippen LogP contribution in [-0.4, -0.2) is 22.7 Å². The molecule has 1 unspecified atom stereocenters. The minimum Gasteiger partial charge on any atom is -0.464 e. The van der Waals surface area contributed by atoms with Crippen molar-refractivity contribution in [3.8, 4) is 23.2 Å². The van der Waals surface area contributed by atoms with Crippen LogP contribution in [0.5, 0.6) is 0 Å². The van der Waals surface area contributed by atoms with Gasteiger partial charge in [-0.2, -0.15) is 0 Å². The minimum absolute atomic E-state index is 0.184. The number of furan rings is 1. The first kappa shape index (κ1) is 22.0. The molecule has 0 spiro atoms. The summed E-state index contributed by atoms with van der Waals surface area (Å²) in [5.74, 6) is 8.10. The summed E-state index contributed by atoms with van der Waals surface area (Å²) >= 11 is 0. The summed E-state index contributed by atoms with van der Waals surface area (Å²) in [7, 11) is 0. The van der Waals surface area contributed by atoms with Gasteiger partial charge in [0.2, 0.25) is 0 Å². The van der Waals surface area contributed by atoms with E-state index in [0.29, 0.717) is 5.92 Å². The molecule has 2 atom stereocenters. The normalized spacial score (nSPS) is 25.2. The van der Waals surface area contributed by atoms with Gasteiger partial charge in [0.1, 0.15) is 11.5 Å². The number of nitrogens with zero attached hydrogens (tertiary/aromatic N) is 1.